The molecule has 0 unspecified atom stereocenters. The van der Waals surface area contributed by atoms with Gasteiger partial charge in [-0.2, -0.15) is 16.4 Å². The Balaban J connectivity index is 2.16. The van der Waals surface area contributed by atoms with Crippen molar-refractivity contribution in [2.24, 2.45) is 0 Å². The van der Waals surface area contributed by atoms with Gasteiger partial charge >= 0.3 is 0 Å². The van der Waals surface area contributed by atoms with Gasteiger partial charge in [-0.15, -0.1) is 0 Å². The highest BCUT2D eigenvalue weighted by molar-refractivity contribution is 7.08. The summed E-state index contributed by atoms with van der Waals surface area (Å²) in [5.74, 6) is 0. The quantitative estimate of drug-likeness (QED) is 0.746. The van der Waals surface area contributed by atoms with Crippen LogP contribution in [0.15, 0.2) is 41.5 Å². The minimum Gasteiger partial charge on any atom is -0.277 e. The van der Waals surface area contributed by atoms with E-state index in [4.69, 9.17) is 0 Å². The topological polar surface area (TPSA) is 41.6 Å². The first kappa shape index (κ1) is 10.2. The van der Waals surface area contributed by atoms with Gasteiger partial charge in [-0.05, 0) is 40.9 Å². The molecular formula is C13H11N3S. The van der Waals surface area contributed by atoms with Crippen LogP contribution in [0, 0.1) is 6.92 Å². The summed E-state index contributed by atoms with van der Waals surface area (Å²) in [6.07, 6.45) is 5.46. The fraction of sp³-hybridized carbons (Fsp3) is 0.0769. The Morgan fingerprint density at radius 2 is 1.94 bits per heavy atom. The van der Waals surface area contributed by atoms with Crippen molar-refractivity contribution in [3.63, 3.8) is 0 Å². The highest BCUT2D eigenvalue weighted by Crippen LogP contribution is 2.33. The minimum absolute atomic E-state index is 1.05. The van der Waals surface area contributed by atoms with Crippen LogP contribution in [-0.2, 0) is 0 Å². The summed E-state index contributed by atoms with van der Waals surface area (Å²) in [5, 5.41) is 11.5. The number of hydrogen-bond donors (Lipinski definition) is 1. The maximum atomic E-state index is 4.15. The van der Waals surface area contributed by atoms with Crippen LogP contribution in [0.1, 0.15) is 5.56 Å². The molecule has 0 fully saturated rings. The second-order valence-corrected chi connectivity index (χ2v) is 4.61. The van der Waals surface area contributed by atoms with Gasteiger partial charge in [0.05, 0.1) is 11.9 Å². The number of nitrogens with one attached hydrogen (secondary N) is 1. The van der Waals surface area contributed by atoms with Gasteiger partial charge < -0.3 is 0 Å². The summed E-state index contributed by atoms with van der Waals surface area (Å²) in [4.78, 5) is 4.03. The van der Waals surface area contributed by atoms with Gasteiger partial charge in [-0.3, -0.25) is 10.1 Å². The van der Waals surface area contributed by atoms with Gasteiger partial charge in [0, 0.05) is 23.5 Å². The lowest BCUT2D eigenvalue weighted by molar-refractivity contribution is 1.09. The van der Waals surface area contributed by atoms with Crippen molar-refractivity contribution in [1.82, 2.24) is 15.2 Å². The first-order valence-electron chi connectivity index (χ1n) is 5.33. The zero-order valence-electron chi connectivity index (χ0n) is 9.34. The minimum atomic E-state index is 1.05. The fourth-order valence-electron chi connectivity index (χ4n) is 1.87. The summed E-state index contributed by atoms with van der Waals surface area (Å²) in [7, 11) is 0. The molecule has 3 aromatic heterocycles. The third-order valence-corrected chi connectivity index (χ3v) is 3.62. The summed E-state index contributed by atoms with van der Waals surface area (Å²) in [5.41, 5.74) is 5.84. The SMILES string of the molecule is Cc1cscc1-c1cn[nH]c1-c1ccncc1. The van der Waals surface area contributed by atoms with Crippen molar-refractivity contribution < 1.29 is 0 Å². The Labute approximate surface area is 103 Å². The van der Waals surface area contributed by atoms with E-state index in [0.29, 0.717) is 0 Å². The number of hydrogen-bond acceptors (Lipinski definition) is 3. The molecule has 0 atom stereocenters. The van der Waals surface area contributed by atoms with E-state index in [1.165, 1.54) is 11.1 Å². The maximum absolute atomic E-state index is 4.15. The highest BCUT2D eigenvalue weighted by Gasteiger charge is 2.11. The summed E-state index contributed by atoms with van der Waals surface area (Å²) in [6.45, 7) is 2.12. The Morgan fingerprint density at radius 3 is 2.65 bits per heavy atom. The number of nitrogens with zero attached hydrogens (tertiary/aromatic N) is 2. The molecule has 84 valence electrons. The van der Waals surface area contributed by atoms with Gasteiger partial charge in [0.2, 0.25) is 0 Å². The number of aromatic amines is 1. The maximum Gasteiger partial charge on any atom is 0.0730 e. The molecule has 3 nitrogen and oxygen atoms in total. The van der Waals surface area contributed by atoms with Crippen LogP contribution in [0.3, 0.4) is 0 Å². The largest absolute Gasteiger partial charge is 0.277 e. The van der Waals surface area contributed by atoms with Crippen LogP contribution in [0.5, 0.6) is 0 Å². The predicted molar refractivity (Wildman–Crippen MR) is 69.9 cm³/mol. The first-order chi connectivity index (χ1) is 8.36. The number of H-pyrrole nitrogens is 1. The molecule has 3 rings (SSSR count). The van der Waals surface area contributed by atoms with Crippen LogP contribution >= 0.6 is 11.3 Å². The summed E-state index contributed by atoms with van der Waals surface area (Å²) in [6, 6.07) is 3.97. The van der Waals surface area contributed by atoms with Crippen molar-refractivity contribution in [2.75, 3.05) is 0 Å². The van der Waals surface area contributed by atoms with Gasteiger partial charge in [0.1, 0.15) is 0 Å². The average Bonchev–Trinajstić information content (AvgIpc) is 2.98. The van der Waals surface area contributed by atoms with Crippen molar-refractivity contribution in [3.8, 4) is 22.4 Å². The van der Waals surface area contributed by atoms with Gasteiger partial charge in [-0.1, -0.05) is 0 Å². The highest BCUT2D eigenvalue weighted by atomic mass is 32.1. The van der Waals surface area contributed by atoms with E-state index in [1.54, 1.807) is 23.7 Å². The van der Waals surface area contributed by atoms with E-state index < -0.39 is 0 Å². The van der Waals surface area contributed by atoms with E-state index in [1.807, 2.05) is 18.3 Å². The average molecular weight is 241 g/mol. The van der Waals surface area contributed by atoms with E-state index >= 15 is 0 Å². The first-order valence-corrected chi connectivity index (χ1v) is 6.27. The van der Waals surface area contributed by atoms with E-state index in [0.717, 1.165) is 16.8 Å². The molecule has 0 aliphatic heterocycles. The Morgan fingerprint density at radius 1 is 1.12 bits per heavy atom. The summed E-state index contributed by atoms with van der Waals surface area (Å²) < 4.78 is 0. The molecule has 17 heavy (non-hydrogen) atoms. The molecule has 0 aromatic carbocycles. The molecule has 0 aliphatic carbocycles. The van der Waals surface area contributed by atoms with Crippen LogP contribution in [0.2, 0.25) is 0 Å². The van der Waals surface area contributed by atoms with Crippen LogP contribution < -0.4 is 0 Å². The zero-order valence-corrected chi connectivity index (χ0v) is 10.2. The standard InChI is InChI=1S/C13H11N3S/c1-9-7-17-8-12(9)11-6-15-16-13(11)10-2-4-14-5-3-10/h2-8H,1H3,(H,15,16). The Hall–Kier alpha value is -1.94. The van der Waals surface area contributed by atoms with Gasteiger partial charge in [0.15, 0.2) is 0 Å². The second-order valence-electron chi connectivity index (χ2n) is 3.86. The fourth-order valence-corrected chi connectivity index (χ4v) is 2.71. The number of thiophene rings is 1. The molecule has 0 spiro atoms. The predicted octanol–water partition coefficient (Wildman–Crippen LogP) is 3.51. The monoisotopic (exact) mass is 241 g/mol. The van der Waals surface area contributed by atoms with Crippen LogP contribution in [0.4, 0.5) is 0 Å². The number of pyridine rings is 1. The number of aromatic nitrogens is 3. The molecule has 3 aromatic rings. The molecule has 0 radical (unpaired) electrons. The zero-order chi connectivity index (χ0) is 11.7. The van der Waals surface area contributed by atoms with Crippen molar-refractivity contribution in [3.05, 3.63) is 47.0 Å². The summed E-state index contributed by atoms with van der Waals surface area (Å²) >= 11 is 1.71. The molecule has 0 bridgehead atoms. The lowest BCUT2D eigenvalue weighted by atomic mass is 10.0. The molecule has 0 saturated heterocycles. The molecule has 0 saturated carbocycles. The number of aryl methyl sites for hydroxylation is 1. The van der Waals surface area contributed by atoms with Crippen molar-refractivity contribution in [2.45, 2.75) is 6.92 Å². The molecule has 3 heterocycles. The van der Waals surface area contributed by atoms with E-state index in [2.05, 4.69) is 32.9 Å². The van der Waals surface area contributed by atoms with Crippen molar-refractivity contribution in [1.29, 1.82) is 0 Å². The van der Waals surface area contributed by atoms with Gasteiger partial charge in [-0.25, -0.2) is 0 Å². The third-order valence-electron chi connectivity index (χ3n) is 2.75. The molecule has 1 N–H and O–H groups in total. The van der Waals surface area contributed by atoms with E-state index in [9.17, 15) is 0 Å². The third kappa shape index (κ3) is 1.76. The van der Waals surface area contributed by atoms with Crippen LogP contribution in [0.25, 0.3) is 22.4 Å². The molecular weight excluding hydrogens is 230 g/mol. The second kappa shape index (κ2) is 4.14. The molecule has 0 aliphatic rings. The lowest BCUT2D eigenvalue weighted by Crippen LogP contribution is -1.83. The molecule has 4 heteroatoms. The van der Waals surface area contributed by atoms with Crippen molar-refractivity contribution >= 4 is 11.3 Å². The van der Waals surface area contributed by atoms with Crippen LogP contribution in [-0.4, -0.2) is 15.2 Å². The Kier molecular flexibility index (Phi) is 2.49. The lowest BCUT2D eigenvalue weighted by Gasteiger charge is -2.02. The van der Waals surface area contributed by atoms with E-state index in [-0.39, 0.29) is 0 Å². The Bertz CT molecular complexity index is 625. The number of rotatable bonds is 2. The molecule has 0 amide bonds. The normalized spacial score (nSPS) is 10.6. The van der Waals surface area contributed by atoms with Gasteiger partial charge in [0.25, 0.3) is 0 Å². The smallest absolute Gasteiger partial charge is 0.0730 e.